The Morgan fingerprint density at radius 3 is 2.52 bits per heavy atom. The number of nitrogens with one attached hydrogen (secondary N) is 1. The number of amides is 1. The largest absolute Gasteiger partial charge is 0.461 e. The molecule has 0 atom stereocenters. The van der Waals surface area contributed by atoms with Gasteiger partial charge in [0.2, 0.25) is 0 Å². The molecule has 0 saturated carbocycles. The lowest BCUT2D eigenvalue weighted by Crippen LogP contribution is -2.28. The first-order valence-corrected chi connectivity index (χ1v) is 9.08. The van der Waals surface area contributed by atoms with Crippen molar-refractivity contribution in [2.45, 2.75) is 18.6 Å². The van der Waals surface area contributed by atoms with E-state index in [9.17, 15) is 9.59 Å². The van der Waals surface area contributed by atoms with Crippen molar-refractivity contribution >= 4 is 46.8 Å². The number of rotatable bonds is 6. The van der Waals surface area contributed by atoms with Crippen molar-refractivity contribution in [3.8, 4) is 0 Å². The van der Waals surface area contributed by atoms with Crippen molar-refractivity contribution in [2.24, 2.45) is 0 Å². The number of carbonyl (C=O) groups is 2. The topological polar surface area (TPSA) is 101 Å². The van der Waals surface area contributed by atoms with E-state index in [0.29, 0.717) is 10.9 Å². The van der Waals surface area contributed by atoms with Gasteiger partial charge >= 0.3 is 5.97 Å². The average molecular weight is 404 g/mol. The third-order valence-corrected chi connectivity index (χ3v) is 4.22. The molecule has 8 nitrogen and oxygen atoms in total. The molecule has 0 unspecified atom stereocenters. The van der Waals surface area contributed by atoms with Gasteiger partial charge in [-0.15, -0.1) is 0 Å². The second kappa shape index (κ2) is 8.50. The molecule has 0 saturated heterocycles. The highest BCUT2D eigenvalue weighted by atomic mass is 35.5. The number of aromatic amines is 1. The van der Waals surface area contributed by atoms with E-state index in [1.54, 1.807) is 13.2 Å². The number of H-pyrrole nitrogens is 1. The summed E-state index contributed by atoms with van der Waals surface area (Å²) in [5.74, 6) is -1.05. The first-order valence-electron chi connectivity index (χ1n) is 7.10. The van der Waals surface area contributed by atoms with Crippen LogP contribution in [0.2, 0.25) is 10.3 Å². The molecule has 1 amide bonds. The van der Waals surface area contributed by atoms with Gasteiger partial charge in [-0.05, 0) is 13.2 Å². The van der Waals surface area contributed by atoms with Gasteiger partial charge in [-0.25, -0.2) is 19.7 Å². The third kappa shape index (κ3) is 4.42. The number of imidazole rings is 1. The standard InChI is InChI=1S/C14H15Cl2N5O3S/c1-4-24-13(23)9-7(17-6-18-9)5-21(2)12(22)8-10(15)19-14(25-3)20-11(8)16/h6H,4-5H2,1-3H3,(H,17,18). The minimum Gasteiger partial charge on any atom is -0.461 e. The van der Waals surface area contributed by atoms with Crippen molar-refractivity contribution in [3.05, 3.63) is 33.6 Å². The molecule has 0 aliphatic rings. The van der Waals surface area contributed by atoms with Gasteiger partial charge in [-0.1, -0.05) is 35.0 Å². The molecule has 2 heterocycles. The Morgan fingerprint density at radius 2 is 1.96 bits per heavy atom. The fourth-order valence-corrected chi connectivity index (χ4v) is 2.99. The summed E-state index contributed by atoms with van der Waals surface area (Å²) in [4.78, 5) is 40.6. The molecule has 2 aromatic rings. The average Bonchev–Trinajstić information content (AvgIpc) is 3.02. The zero-order valence-corrected chi connectivity index (χ0v) is 16.0. The summed E-state index contributed by atoms with van der Waals surface area (Å²) in [7, 11) is 1.53. The van der Waals surface area contributed by atoms with Crippen LogP contribution in [0.15, 0.2) is 11.5 Å². The van der Waals surface area contributed by atoms with Crippen LogP contribution in [0.25, 0.3) is 0 Å². The first-order chi connectivity index (χ1) is 11.9. The lowest BCUT2D eigenvalue weighted by Gasteiger charge is -2.18. The SMILES string of the molecule is CCOC(=O)c1nc[nH]c1CN(C)C(=O)c1c(Cl)nc(SC)nc1Cl. The van der Waals surface area contributed by atoms with Crippen molar-refractivity contribution < 1.29 is 14.3 Å². The highest BCUT2D eigenvalue weighted by molar-refractivity contribution is 7.98. The Morgan fingerprint density at radius 1 is 1.32 bits per heavy atom. The molecular formula is C14H15Cl2N5O3S. The van der Waals surface area contributed by atoms with Crippen LogP contribution in [0.3, 0.4) is 0 Å². The number of ether oxygens (including phenoxy) is 1. The second-order valence-corrected chi connectivity index (χ2v) is 6.27. The molecule has 25 heavy (non-hydrogen) atoms. The zero-order chi connectivity index (χ0) is 18.6. The Kier molecular flexibility index (Phi) is 6.63. The number of carbonyl (C=O) groups excluding carboxylic acids is 2. The number of halogens is 2. The van der Waals surface area contributed by atoms with E-state index in [4.69, 9.17) is 27.9 Å². The maximum absolute atomic E-state index is 12.6. The van der Waals surface area contributed by atoms with E-state index in [1.807, 2.05) is 0 Å². The van der Waals surface area contributed by atoms with E-state index in [1.165, 1.54) is 30.0 Å². The summed E-state index contributed by atoms with van der Waals surface area (Å²) in [6.45, 7) is 2.00. The lowest BCUT2D eigenvalue weighted by atomic mass is 10.2. The number of hydrogen-bond donors (Lipinski definition) is 1. The number of hydrogen-bond acceptors (Lipinski definition) is 7. The predicted octanol–water partition coefficient (Wildman–Crippen LogP) is 2.68. The van der Waals surface area contributed by atoms with Crippen molar-refractivity contribution in [3.63, 3.8) is 0 Å². The van der Waals surface area contributed by atoms with E-state index < -0.39 is 11.9 Å². The van der Waals surface area contributed by atoms with Gasteiger partial charge in [0.1, 0.15) is 15.9 Å². The lowest BCUT2D eigenvalue weighted by molar-refractivity contribution is 0.0515. The van der Waals surface area contributed by atoms with Crippen molar-refractivity contribution in [1.29, 1.82) is 0 Å². The highest BCUT2D eigenvalue weighted by Gasteiger charge is 2.24. The van der Waals surface area contributed by atoms with Crippen LogP contribution in [0.1, 0.15) is 33.5 Å². The summed E-state index contributed by atoms with van der Waals surface area (Å²) in [5, 5.41) is 0.306. The van der Waals surface area contributed by atoms with Gasteiger partial charge in [0, 0.05) is 7.05 Å². The van der Waals surface area contributed by atoms with Crippen LogP contribution in [-0.2, 0) is 11.3 Å². The number of thioether (sulfide) groups is 1. The van der Waals surface area contributed by atoms with Crippen molar-refractivity contribution in [2.75, 3.05) is 19.9 Å². The normalized spacial score (nSPS) is 10.6. The summed E-state index contributed by atoms with van der Waals surface area (Å²) in [6.07, 6.45) is 3.13. The summed E-state index contributed by atoms with van der Waals surface area (Å²) in [5.41, 5.74) is 0.553. The molecule has 0 aromatic carbocycles. The molecule has 2 rings (SSSR count). The zero-order valence-electron chi connectivity index (χ0n) is 13.7. The molecule has 0 aliphatic heterocycles. The summed E-state index contributed by atoms with van der Waals surface area (Å²) in [6, 6.07) is 0. The fourth-order valence-electron chi connectivity index (χ4n) is 1.97. The molecule has 0 aliphatic carbocycles. The Bertz CT molecular complexity index is 776. The van der Waals surface area contributed by atoms with E-state index >= 15 is 0 Å². The Balaban J connectivity index is 2.22. The second-order valence-electron chi connectivity index (χ2n) is 4.78. The van der Waals surface area contributed by atoms with Gasteiger partial charge in [-0.2, -0.15) is 0 Å². The van der Waals surface area contributed by atoms with Gasteiger partial charge in [0.25, 0.3) is 5.91 Å². The number of nitrogens with zero attached hydrogens (tertiary/aromatic N) is 4. The molecular weight excluding hydrogens is 389 g/mol. The van der Waals surface area contributed by atoms with E-state index in [-0.39, 0.29) is 34.7 Å². The summed E-state index contributed by atoms with van der Waals surface area (Å²) >= 11 is 13.4. The minimum absolute atomic E-state index is 0.000772. The van der Waals surface area contributed by atoms with E-state index in [2.05, 4.69) is 19.9 Å². The molecule has 1 N–H and O–H groups in total. The van der Waals surface area contributed by atoms with Crippen LogP contribution >= 0.6 is 35.0 Å². The third-order valence-electron chi connectivity index (χ3n) is 3.13. The van der Waals surface area contributed by atoms with Gasteiger partial charge < -0.3 is 14.6 Å². The predicted molar refractivity (Wildman–Crippen MR) is 94.2 cm³/mol. The molecule has 0 radical (unpaired) electrons. The van der Waals surface area contributed by atoms with Crippen LogP contribution in [0.4, 0.5) is 0 Å². The molecule has 0 spiro atoms. The highest BCUT2D eigenvalue weighted by Crippen LogP contribution is 2.25. The van der Waals surface area contributed by atoms with Crippen LogP contribution in [-0.4, -0.2) is 56.6 Å². The van der Waals surface area contributed by atoms with Crippen LogP contribution in [0, 0.1) is 0 Å². The fraction of sp³-hybridized carbons (Fsp3) is 0.357. The first kappa shape index (κ1) is 19.5. The van der Waals surface area contributed by atoms with Crippen LogP contribution in [0.5, 0.6) is 0 Å². The van der Waals surface area contributed by atoms with Gasteiger partial charge in [-0.3, -0.25) is 4.79 Å². The quantitative estimate of drug-likeness (QED) is 0.342. The van der Waals surface area contributed by atoms with Gasteiger partial charge in [0.05, 0.1) is 25.2 Å². The molecule has 134 valence electrons. The monoisotopic (exact) mass is 403 g/mol. The van der Waals surface area contributed by atoms with Crippen molar-refractivity contribution in [1.82, 2.24) is 24.8 Å². The number of esters is 1. The summed E-state index contributed by atoms with van der Waals surface area (Å²) < 4.78 is 4.93. The molecule has 11 heteroatoms. The maximum atomic E-state index is 12.6. The smallest absolute Gasteiger partial charge is 0.358 e. The number of aromatic nitrogens is 4. The molecule has 0 fully saturated rings. The van der Waals surface area contributed by atoms with E-state index in [0.717, 1.165) is 0 Å². The minimum atomic E-state index is -0.566. The maximum Gasteiger partial charge on any atom is 0.358 e. The van der Waals surface area contributed by atoms with Gasteiger partial charge in [0.15, 0.2) is 10.9 Å². The van der Waals surface area contributed by atoms with Crippen LogP contribution < -0.4 is 0 Å². The Hall–Kier alpha value is -1.84. The molecule has 0 bridgehead atoms. The molecule has 2 aromatic heterocycles. The Labute approximate surface area is 158 Å².